The summed E-state index contributed by atoms with van der Waals surface area (Å²) in [6, 6.07) is 19.8. The summed E-state index contributed by atoms with van der Waals surface area (Å²) < 4.78 is 19.1. The first-order chi connectivity index (χ1) is 16.9. The van der Waals surface area contributed by atoms with Crippen LogP contribution in [0.2, 0.25) is 10.0 Å². The van der Waals surface area contributed by atoms with Gasteiger partial charge in [0.15, 0.2) is 0 Å². The van der Waals surface area contributed by atoms with E-state index in [1.807, 2.05) is 12.1 Å². The number of aromatic amines is 1. The molecule has 1 heterocycles. The van der Waals surface area contributed by atoms with Crippen LogP contribution < -0.4 is 15.7 Å². The van der Waals surface area contributed by atoms with Crippen LogP contribution in [0.15, 0.2) is 76.6 Å². The summed E-state index contributed by atoms with van der Waals surface area (Å²) in [5.74, 6) is 0.0623. The second kappa shape index (κ2) is 10.8. The summed E-state index contributed by atoms with van der Waals surface area (Å²) in [5.41, 5.74) is 3.96. The van der Waals surface area contributed by atoms with Gasteiger partial charge in [0, 0.05) is 21.7 Å². The van der Waals surface area contributed by atoms with Crippen LogP contribution in [0, 0.1) is 17.1 Å². The standard InChI is InChI=1S/C25H16Cl2FN5O2/c26-18-7-9-22(35-14-16-6-8-19(28)11-21(16)27)17(10-18)13-30-33-25-31-23(15-4-2-1-3-5-15)20(12-29)24(34)32-25/h1-11,13H,14H2,(H2,31,32,33,34). The van der Waals surface area contributed by atoms with Crippen molar-refractivity contribution >= 4 is 35.4 Å². The molecule has 174 valence electrons. The Morgan fingerprint density at radius 2 is 1.94 bits per heavy atom. The van der Waals surface area contributed by atoms with Crippen molar-refractivity contribution in [3.8, 4) is 23.1 Å². The molecule has 0 unspecified atom stereocenters. The number of halogens is 3. The third-order valence-corrected chi connectivity index (χ3v) is 5.41. The molecule has 0 saturated heterocycles. The van der Waals surface area contributed by atoms with E-state index in [0.717, 1.165) is 0 Å². The molecule has 7 nitrogen and oxygen atoms in total. The van der Waals surface area contributed by atoms with Gasteiger partial charge < -0.3 is 4.74 Å². The fourth-order valence-electron chi connectivity index (χ4n) is 3.14. The van der Waals surface area contributed by atoms with Crippen LogP contribution >= 0.6 is 23.2 Å². The van der Waals surface area contributed by atoms with Crippen molar-refractivity contribution in [1.82, 2.24) is 9.97 Å². The van der Waals surface area contributed by atoms with E-state index < -0.39 is 11.4 Å². The van der Waals surface area contributed by atoms with Crippen LogP contribution in [0.25, 0.3) is 11.3 Å². The predicted molar refractivity (Wildman–Crippen MR) is 133 cm³/mol. The van der Waals surface area contributed by atoms with Gasteiger partial charge in [-0.05, 0) is 30.3 Å². The number of hydrogen-bond donors (Lipinski definition) is 2. The molecule has 0 bridgehead atoms. The average Bonchev–Trinajstić information content (AvgIpc) is 2.84. The van der Waals surface area contributed by atoms with Gasteiger partial charge in [-0.15, -0.1) is 0 Å². The highest BCUT2D eigenvalue weighted by Crippen LogP contribution is 2.25. The summed E-state index contributed by atoms with van der Waals surface area (Å²) in [5, 5.41) is 14.2. The Morgan fingerprint density at radius 3 is 2.69 bits per heavy atom. The molecule has 0 radical (unpaired) electrons. The van der Waals surface area contributed by atoms with E-state index in [1.165, 1.54) is 18.3 Å². The van der Waals surface area contributed by atoms with Crippen molar-refractivity contribution in [3.05, 3.63) is 110 Å². The summed E-state index contributed by atoms with van der Waals surface area (Å²) in [6.45, 7) is 0.0972. The van der Waals surface area contributed by atoms with Crippen LogP contribution in [-0.4, -0.2) is 16.2 Å². The van der Waals surface area contributed by atoms with Gasteiger partial charge >= 0.3 is 0 Å². The summed E-state index contributed by atoms with van der Waals surface area (Å²) in [7, 11) is 0. The summed E-state index contributed by atoms with van der Waals surface area (Å²) in [4.78, 5) is 19.2. The number of aromatic nitrogens is 2. The number of benzene rings is 3. The van der Waals surface area contributed by atoms with Gasteiger partial charge in [-0.25, -0.2) is 14.8 Å². The Bertz CT molecular complexity index is 1500. The zero-order valence-corrected chi connectivity index (χ0v) is 19.4. The van der Waals surface area contributed by atoms with Gasteiger partial charge in [-0.2, -0.15) is 10.4 Å². The normalized spacial score (nSPS) is 10.8. The maximum Gasteiger partial charge on any atom is 0.270 e. The van der Waals surface area contributed by atoms with E-state index in [2.05, 4.69) is 20.5 Å². The minimum atomic E-state index is -0.595. The maximum atomic E-state index is 13.3. The quantitative estimate of drug-likeness (QED) is 0.243. The van der Waals surface area contributed by atoms with Crippen LogP contribution in [0.4, 0.5) is 10.3 Å². The van der Waals surface area contributed by atoms with Crippen molar-refractivity contribution in [3.63, 3.8) is 0 Å². The van der Waals surface area contributed by atoms with Crippen LogP contribution in [0.3, 0.4) is 0 Å². The monoisotopic (exact) mass is 507 g/mol. The van der Waals surface area contributed by atoms with Crippen LogP contribution in [0.1, 0.15) is 16.7 Å². The molecular weight excluding hydrogens is 492 g/mol. The summed E-state index contributed by atoms with van der Waals surface area (Å²) in [6.07, 6.45) is 1.44. The van der Waals surface area contributed by atoms with E-state index in [0.29, 0.717) is 27.5 Å². The van der Waals surface area contributed by atoms with Crippen LogP contribution in [-0.2, 0) is 6.61 Å². The van der Waals surface area contributed by atoms with Gasteiger partial charge in [0.1, 0.15) is 29.8 Å². The van der Waals surface area contributed by atoms with Crippen molar-refractivity contribution in [2.24, 2.45) is 5.10 Å². The van der Waals surface area contributed by atoms with Gasteiger partial charge in [0.2, 0.25) is 5.95 Å². The molecule has 0 aliphatic rings. The van der Waals surface area contributed by atoms with Crippen molar-refractivity contribution < 1.29 is 9.13 Å². The first-order valence-electron chi connectivity index (χ1n) is 10.2. The first kappa shape index (κ1) is 24.0. The SMILES string of the molecule is N#Cc1c(-c2ccccc2)nc(NN=Cc2cc(Cl)ccc2OCc2ccc(F)cc2Cl)[nH]c1=O. The maximum absolute atomic E-state index is 13.3. The lowest BCUT2D eigenvalue weighted by molar-refractivity contribution is 0.305. The Morgan fingerprint density at radius 1 is 1.14 bits per heavy atom. The third kappa shape index (κ3) is 5.84. The lowest BCUT2D eigenvalue weighted by Crippen LogP contribution is -2.16. The van der Waals surface area contributed by atoms with Gasteiger partial charge in [-0.1, -0.05) is 59.6 Å². The zero-order chi connectivity index (χ0) is 24.8. The number of hydrogen-bond acceptors (Lipinski definition) is 6. The third-order valence-electron chi connectivity index (χ3n) is 4.82. The number of nitrogens with one attached hydrogen (secondary N) is 2. The molecule has 10 heteroatoms. The molecule has 0 fully saturated rings. The average molecular weight is 508 g/mol. The van der Waals surface area contributed by atoms with Crippen LogP contribution in [0.5, 0.6) is 5.75 Å². The molecule has 0 aliphatic carbocycles. The molecule has 0 spiro atoms. The lowest BCUT2D eigenvalue weighted by atomic mass is 10.1. The van der Waals surface area contributed by atoms with Gasteiger partial charge in [0.25, 0.3) is 5.56 Å². The van der Waals surface area contributed by atoms with Crippen molar-refractivity contribution in [2.45, 2.75) is 6.61 Å². The summed E-state index contributed by atoms with van der Waals surface area (Å²) >= 11 is 12.2. The highest BCUT2D eigenvalue weighted by molar-refractivity contribution is 6.31. The zero-order valence-electron chi connectivity index (χ0n) is 17.9. The molecule has 4 rings (SSSR count). The Kier molecular flexibility index (Phi) is 7.41. The fourth-order valence-corrected chi connectivity index (χ4v) is 3.55. The number of nitrogens with zero attached hydrogens (tertiary/aromatic N) is 3. The van der Waals surface area contributed by atoms with E-state index in [9.17, 15) is 14.4 Å². The molecule has 1 aromatic heterocycles. The minimum absolute atomic E-state index is 0.0479. The topological polar surface area (TPSA) is 103 Å². The Hall–Kier alpha value is -4.19. The van der Waals surface area contributed by atoms with Crippen molar-refractivity contribution in [2.75, 3.05) is 5.43 Å². The number of rotatable bonds is 7. The second-order valence-electron chi connectivity index (χ2n) is 7.19. The molecule has 0 aliphatic heterocycles. The molecule has 35 heavy (non-hydrogen) atoms. The predicted octanol–water partition coefficient (Wildman–Crippen LogP) is 5.78. The van der Waals surface area contributed by atoms with E-state index in [-0.39, 0.29) is 28.8 Å². The first-order valence-corrected chi connectivity index (χ1v) is 11.0. The van der Waals surface area contributed by atoms with E-state index in [4.69, 9.17) is 27.9 Å². The smallest absolute Gasteiger partial charge is 0.270 e. The number of anilines is 1. The lowest BCUT2D eigenvalue weighted by Gasteiger charge is -2.11. The van der Waals surface area contributed by atoms with Gasteiger partial charge in [-0.3, -0.25) is 9.78 Å². The molecule has 0 saturated carbocycles. The largest absolute Gasteiger partial charge is 0.488 e. The van der Waals surface area contributed by atoms with E-state index in [1.54, 1.807) is 48.5 Å². The van der Waals surface area contributed by atoms with Crippen molar-refractivity contribution in [1.29, 1.82) is 5.26 Å². The number of nitriles is 1. The second-order valence-corrected chi connectivity index (χ2v) is 8.04. The molecule has 3 aromatic carbocycles. The number of hydrazone groups is 1. The Balaban J connectivity index is 1.56. The highest BCUT2D eigenvalue weighted by Gasteiger charge is 2.13. The molecule has 0 amide bonds. The number of H-pyrrole nitrogens is 1. The minimum Gasteiger partial charge on any atom is -0.488 e. The van der Waals surface area contributed by atoms with Gasteiger partial charge in [0.05, 0.1) is 16.9 Å². The molecule has 4 aromatic rings. The fraction of sp³-hybridized carbons (Fsp3) is 0.0400. The Labute approximate surface area is 209 Å². The number of ether oxygens (including phenoxy) is 1. The van der Waals surface area contributed by atoms with E-state index >= 15 is 0 Å². The molecule has 2 N–H and O–H groups in total. The molecular formula is C25H16Cl2FN5O2. The highest BCUT2D eigenvalue weighted by atomic mass is 35.5. The molecule has 0 atom stereocenters.